The van der Waals surface area contributed by atoms with Gasteiger partial charge in [0.05, 0.1) is 5.75 Å². The average Bonchev–Trinajstić information content (AvgIpc) is 3.28. The van der Waals surface area contributed by atoms with Gasteiger partial charge < -0.3 is 5.32 Å². The van der Waals surface area contributed by atoms with Crippen molar-refractivity contribution in [2.45, 2.75) is 50.5 Å². The molecule has 1 amide bonds. The van der Waals surface area contributed by atoms with Crippen molar-refractivity contribution in [3.05, 3.63) is 29.3 Å². The number of amides is 1. The Morgan fingerprint density at radius 3 is 2.40 bits per heavy atom. The maximum Gasteiger partial charge on any atom is 0.230 e. The zero-order valence-corrected chi connectivity index (χ0v) is 13.1. The zero-order chi connectivity index (χ0) is 14.1. The molecule has 0 saturated heterocycles. The monoisotopic (exact) mass is 289 g/mol. The van der Waals surface area contributed by atoms with Crippen LogP contribution in [0.1, 0.15) is 36.8 Å². The number of thioether (sulfide) groups is 1. The number of aryl methyl sites for hydroxylation is 2. The Hall–Kier alpha value is -0.960. The van der Waals surface area contributed by atoms with Crippen LogP contribution >= 0.6 is 11.8 Å². The molecule has 108 valence electrons. The van der Waals surface area contributed by atoms with E-state index in [2.05, 4.69) is 37.4 Å². The molecule has 0 atom stereocenters. The van der Waals surface area contributed by atoms with Crippen molar-refractivity contribution < 1.29 is 4.79 Å². The lowest BCUT2D eigenvalue weighted by Gasteiger charge is -2.17. The molecule has 0 aliphatic heterocycles. The summed E-state index contributed by atoms with van der Waals surface area (Å²) in [4.78, 5) is 13.3. The van der Waals surface area contributed by atoms with E-state index in [1.807, 2.05) is 0 Å². The fourth-order valence-electron chi connectivity index (χ4n) is 2.71. The van der Waals surface area contributed by atoms with E-state index in [0.717, 1.165) is 11.8 Å². The van der Waals surface area contributed by atoms with Gasteiger partial charge in [0.1, 0.15) is 0 Å². The third kappa shape index (κ3) is 3.57. The summed E-state index contributed by atoms with van der Waals surface area (Å²) >= 11 is 1.65. The van der Waals surface area contributed by atoms with Gasteiger partial charge in [-0.15, -0.1) is 11.8 Å². The SMILES string of the molecule is Cc1ccc(SCC(=O)NC(C2CC2)C2CC2)cc1C. The molecule has 20 heavy (non-hydrogen) atoms. The van der Waals surface area contributed by atoms with Gasteiger partial charge in [-0.05, 0) is 74.6 Å². The van der Waals surface area contributed by atoms with Gasteiger partial charge in [0.15, 0.2) is 0 Å². The Morgan fingerprint density at radius 1 is 1.20 bits per heavy atom. The molecule has 3 rings (SSSR count). The normalized spacial score (nSPS) is 18.4. The molecule has 0 spiro atoms. The first-order valence-corrected chi connectivity index (χ1v) is 8.61. The zero-order valence-electron chi connectivity index (χ0n) is 12.3. The Labute approximate surface area is 125 Å². The molecule has 2 aliphatic rings. The molecule has 1 N–H and O–H groups in total. The Bertz CT molecular complexity index is 494. The van der Waals surface area contributed by atoms with Gasteiger partial charge in [0.2, 0.25) is 5.91 Å². The summed E-state index contributed by atoms with van der Waals surface area (Å²) < 4.78 is 0. The number of hydrogen-bond acceptors (Lipinski definition) is 2. The van der Waals surface area contributed by atoms with E-state index in [-0.39, 0.29) is 5.91 Å². The van der Waals surface area contributed by atoms with Crippen LogP contribution in [0.2, 0.25) is 0 Å². The lowest BCUT2D eigenvalue weighted by atomic mass is 10.1. The van der Waals surface area contributed by atoms with Crippen LogP contribution in [0.4, 0.5) is 0 Å². The summed E-state index contributed by atoms with van der Waals surface area (Å²) in [6.45, 7) is 4.24. The lowest BCUT2D eigenvalue weighted by Crippen LogP contribution is -2.39. The minimum atomic E-state index is 0.206. The second-order valence-electron chi connectivity index (χ2n) is 6.30. The van der Waals surface area contributed by atoms with Crippen LogP contribution in [-0.4, -0.2) is 17.7 Å². The predicted molar refractivity (Wildman–Crippen MR) is 84.0 cm³/mol. The van der Waals surface area contributed by atoms with E-state index < -0.39 is 0 Å². The Kier molecular flexibility index (Phi) is 4.06. The minimum Gasteiger partial charge on any atom is -0.352 e. The van der Waals surface area contributed by atoms with Crippen molar-refractivity contribution in [1.82, 2.24) is 5.32 Å². The minimum absolute atomic E-state index is 0.206. The third-order valence-electron chi connectivity index (χ3n) is 4.44. The molecule has 0 bridgehead atoms. The molecular weight excluding hydrogens is 266 g/mol. The van der Waals surface area contributed by atoms with Gasteiger partial charge in [-0.1, -0.05) is 6.07 Å². The van der Waals surface area contributed by atoms with E-state index in [0.29, 0.717) is 11.8 Å². The van der Waals surface area contributed by atoms with Gasteiger partial charge in [-0.3, -0.25) is 4.79 Å². The van der Waals surface area contributed by atoms with Gasteiger partial charge in [-0.2, -0.15) is 0 Å². The van der Waals surface area contributed by atoms with Crippen molar-refractivity contribution >= 4 is 17.7 Å². The molecule has 2 saturated carbocycles. The fourth-order valence-corrected chi connectivity index (χ4v) is 3.52. The highest BCUT2D eigenvalue weighted by Crippen LogP contribution is 2.44. The number of carbonyl (C=O) groups is 1. The van der Waals surface area contributed by atoms with E-state index in [4.69, 9.17) is 0 Å². The number of carbonyl (C=O) groups excluding carboxylic acids is 1. The van der Waals surface area contributed by atoms with Gasteiger partial charge in [-0.25, -0.2) is 0 Å². The Balaban J connectivity index is 1.49. The van der Waals surface area contributed by atoms with Crippen molar-refractivity contribution in [2.24, 2.45) is 11.8 Å². The van der Waals surface area contributed by atoms with Crippen LogP contribution in [0.3, 0.4) is 0 Å². The molecule has 0 unspecified atom stereocenters. The van der Waals surface area contributed by atoms with Crippen molar-refractivity contribution in [3.8, 4) is 0 Å². The molecule has 0 aromatic heterocycles. The highest BCUT2D eigenvalue weighted by molar-refractivity contribution is 8.00. The number of benzene rings is 1. The first-order chi connectivity index (χ1) is 9.63. The largest absolute Gasteiger partial charge is 0.352 e. The topological polar surface area (TPSA) is 29.1 Å². The molecule has 0 radical (unpaired) electrons. The van der Waals surface area contributed by atoms with Gasteiger partial charge in [0, 0.05) is 10.9 Å². The molecule has 1 aromatic rings. The van der Waals surface area contributed by atoms with Crippen molar-refractivity contribution in [2.75, 3.05) is 5.75 Å². The molecule has 0 heterocycles. The number of nitrogens with one attached hydrogen (secondary N) is 1. The van der Waals surface area contributed by atoms with Crippen molar-refractivity contribution in [1.29, 1.82) is 0 Å². The molecule has 2 nitrogen and oxygen atoms in total. The highest BCUT2D eigenvalue weighted by atomic mass is 32.2. The third-order valence-corrected chi connectivity index (χ3v) is 5.43. The van der Waals surface area contributed by atoms with Crippen LogP contribution in [0.25, 0.3) is 0 Å². The molecular formula is C17H23NOS. The smallest absolute Gasteiger partial charge is 0.230 e. The van der Waals surface area contributed by atoms with E-state index in [9.17, 15) is 4.79 Å². The summed E-state index contributed by atoms with van der Waals surface area (Å²) in [6.07, 6.45) is 5.25. The van der Waals surface area contributed by atoms with Crippen LogP contribution in [0.5, 0.6) is 0 Å². The molecule has 1 aromatic carbocycles. The average molecular weight is 289 g/mol. The summed E-state index contributed by atoms with van der Waals surface area (Å²) in [6, 6.07) is 6.89. The van der Waals surface area contributed by atoms with E-state index >= 15 is 0 Å². The van der Waals surface area contributed by atoms with Crippen LogP contribution in [-0.2, 0) is 4.79 Å². The molecule has 2 aliphatic carbocycles. The Morgan fingerprint density at radius 2 is 1.85 bits per heavy atom. The van der Waals surface area contributed by atoms with E-state index in [1.54, 1.807) is 11.8 Å². The summed E-state index contributed by atoms with van der Waals surface area (Å²) in [5, 5.41) is 3.28. The molecule has 3 heteroatoms. The first kappa shape index (κ1) is 14.0. The second-order valence-corrected chi connectivity index (χ2v) is 7.35. The maximum absolute atomic E-state index is 12.1. The summed E-state index contributed by atoms with van der Waals surface area (Å²) in [7, 11) is 0. The highest BCUT2D eigenvalue weighted by Gasteiger charge is 2.42. The van der Waals surface area contributed by atoms with E-state index in [1.165, 1.54) is 41.7 Å². The summed E-state index contributed by atoms with van der Waals surface area (Å²) in [5.74, 6) is 2.30. The maximum atomic E-state index is 12.1. The summed E-state index contributed by atoms with van der Waals surface area (Å²) in [5.41, 5.74) is 2.60. The predicted octanol–water partition coefficient (Wildman–Crippen LogP) is 3.70. The number of hydrogen-bond donors (Lipinski definition) is 1. The van der Waals surface area contributed by atoms with Gasteiger partial charge in [0.25, 0.3) is 0 Å². The second kappa shape index (κ2) is 5.80. The fraction of sp³-hybridized carbons (Fsp3) is 0.588. The standard InChI is InChI=1S/C17H23NOS/c1-11-3-8-15(9-12(11)2)20-10-16(19)18-17(13-4-5-13)14-6-7-14/h3,8-9,13-14,17H,4-7,10H2,1-2H3,(H,18,19). The molecule has 2 fully saturated rings. The van der Waals surface area contributed by atoms with Crippen LogP contribution in [0, 0.1) is 25.7 Å². The lowest BCUT2D eigenvalue weighted by molar-refractivity contribution is -0.119. The quantitative estimate of drug-likeness (QED) is 0.809. The number of rotatable bonds is 6. The van der Waals surface area contributed by atoms with Crippen molar-refractivity contribution in [3.63, 3.8) is 0 Å². The van der Waals surface area contributed by atoms with Gasteiger partial charge >= 0.3 is 0 Å². The van der Waals surface area contributed by atoms with Crippen LogP contribution < -0.4 is 5.32 Å². The van der Waals surface area contributed by atoms with Crippen LogP contribution in [0.15, 0.2) is 23.1 Å². The first-order valence-electron chi connectivity index (χ1n) is 7.63.